The Morgan fingerprint density at radius 1 is 1.25 bits per heavy atom. The lowest BCUT2D eigenvalue weighted by Crippen LogP contribution is -2.41. The van der Waals surface area contributed by atoms with Gasteiger partial charge in [0.1, 0.15) is 17.3 Å². The molecule has 0 saturated heterocycles. The first-order chi connectivity index (χ1) is 11.6. The van der Waals surface area contributed by atoms with Crippen LogP contribution in [0.3, 0.4) is 0 Å². The smallest absolute Gasteiger partial charge is 0.261 e. The molecule has 6 nitrogen and oxygen atoms in total. The van der Waals surface area contributed by atoms with Crippen molar-refractivity contribution < 1.29 is 14.3 Å². The summed E-state index contributed by atoms with van der Waals surface area (Å²) in [5.41, 5.74) is 0.704. The summed E-state index contributed by atoms with van der Waals surface area (Å²) < 4.78 is 6.18. The molecule has 1 unspecified atom stereocenters. The van der Waals surface area contributed by atoms with Crippen LogP contribution in [0.15, 0.2) is 35.7 Å². The summed E-state index contributed by atoms with van der Waals surface area (Å²) in [6.45, 7) is 1.63. The summed E-state index contributed by atoms with van der Waals surface area (Å²) in [7, 11) is 1.58. The first-order valence-electron chi connectivity index (χ1n) is 7.17. The predicted molar refractivity (Wildman–Crippen MR) is 96.0 cm³/mol. The number of rotatable bonds is 5. The largest absolute Gasteiger partial charge is 0.494 e. The second-order valence-corrected chi connectivity index (χ2v) is 6.97. The molecule has 0 fully saturated rings. The van der Waals surface area contributed by atoms with Crippen LogP contribution in [-0.4, -0.2) is 29.9 Å². The van der Waals surface area contributed by atoms with Crippen molar-refractivity contribution in [3.63, 3.8) is 0 Å². The van der Waals surface area contributed by atoms with Gasteiger partial charge in [-0.15, -0.1) is 11.3 Å². The number of thiophene rings is 1. The van der Waals surface area contributed by atoms with E-state index in [1.807, 2.05) is 23.6 Å². The van der Waals surface area contributed by atoms with Crippen LogP contribution in [-0.2, 0) is 4.79 Å². The zero-order valence-corrected chi connectivity index (χ0v) is 14.7. The maximum absolute atomic E-state index is 12.3. The van der Waals surface area contributed by atoms with Crippen LogP contribution in [0.2, 0.25) is 0 Å². The fraction of sp³-hybridized carbons (Fsp3) is 0.188. The van der Waals surface area contributed by atoms with Crippen LogP contribution in [0, 0.1) is 0 Å². The van der Waals surface area contributed by atoms with E-state index in [0.717, 1.165) is 4.70 Å². The Hall–Kier alpha value is -2.45. The molecule has 0 spiro atoms. The molecule has 0 aliphatic carbocycles. The van der Waals surface area contributed by atoms with Gasteiger partial charge in [0.15, 0.2) is 5.13 Å². The second-order valence-electron chi connectivity index (χ2n) is 4.99. The van der Waals surface area contributed by atoms with Crippen molar-refractivity contribution in [2.45, 2.75) is 13.0 Å². The molecule has 2 aromatic heterocycles. The number of anilines is 1. The van der Waals surface area contributed by atoms with Crippen LogP contribution in [0.1, 0.15) is 16.6 Å². The summed E-state index contributed by atoms with van der Waals surface area (Å²) in [5.74, 6) is 0.0693. The molecule has 124 valence electrons. The molecule has 2 heterocycles. The standard InChI is InChI=1S/C16H15N3O3S2/c1-9(17-15(21)12-7-4-8-23-12)14(20)19-16-18-13-10(22-2)5-3-6-11(13)24-16/h3-9H,1-2H3,(H,17,21)(H,18,19,20). The maximum atomic E-state index is 12.3. The lowest BCUT2D eigenvalue weighted by Gasteiger charge is -2.12. The highest BCUT2D eigenvalue weighted by atomic mass is 32.1. The number of fused-ring (bicyclic) bond motifs is 1. The average Bonchev–Trinajstić information content (AvgIpc) is 3.23. The Balaban J connectivity index is 1.69. The number of hydrogen-bond donors (Lipinski definition) is 2. The number of aromatic nitrogens is 1. The summed E-state index contributed by atoms with van der Waals surface area (Å²) in [4.78, 5) is 29.2. The number of hydrogen-bond acceptors (Lipinski definition) is 6. The van der Waals surface area contributed by atoms with Crippen molar-refractivity contribution in [1.82, 2.24) is 10.3 Å². The molecule has 8 heteroatoms. The van der Waals surface area contributed by atoms with E-state index in [2.05, 4.69) is 15.6 Å². The van der Waals surface area contributed by atoms with Crippen molar-refractivity contribution in [1.29, 1.82) is 0 Å². The van der Waals surface area contributed by atoms with Gasteiger partial charge in [0.05, 0.1) is 16.7 Å². The zero-order chi connectivity index (χ0) is 17.1. The lowest BCUT2D eigenvalue weighted by molar-refractivity contribution is -0.117. The number of thiazole rings is 1. The Morgan fingerprint density at radius 3 is 2.79 bits per heavy atom. The molecule has 24 heavy (non-hydrogen) atoms. The van der Waals surface area contributed by atoms with E-state index in [9.17, 15) is 9.59 Å². The quantitative estimate of drug-likeness (QED) is 0.732. The van der Waals surface area contributed by atoms with E-state index in [4.69, 9.17) is 4.74 Å². The van der Waals surface area contributed by atoms with Crippen molar-refractivity contribution in [3.05, 3.63) is 40.6 Å². The Kier molecular flexibility index (Phi) is 4.77. The van der Waals surface area contributed by atoms with Crippen molar-refractivity contribution >= 4 is 49.8 Å². The highest BCUT2D eigenvalue weighted by Crippen LogP contribution is 2.32. The van der Waals surface area contributed by atoms with Crippen molar-refractivity contribution in [3.8, 4) is 5.75 Å². The second kappa shape index (κ2) is 6.98. The van der Waals surface area contributed by atoms with Crippen LogP contribution >= 0.6 is 22.7 Å². The highest BCUT2D eigenvalue weighted by Gasteiger charge is 2.19. The van der Waals surface area contributed by atoms with Crippen LogP contribution in [0.25, 0.3) is 10.2 Å². The SMILES string of the molecule is COc1cccc2sc(NC(=O)C(C)NC(=O)c3cccs3)nc12. The van der Waals surface area contributed by atoms with E-state index in [1.54, 1.807) is 26.2 Å². The molecule has 3 aromatic rings. The van der Waals surface area contributed by atoms with Gasteiger partial charge in [0.2, 0.25) is 5.91 Å². The number of para-hydroxylation sites is 1. The monoisotopic (exact) mass is 361 g/mol. The van der Waals surface area contributed by atoms with Gasteiger partial charge >= 0.3 is 0 Å². The Morgan fingerprint density at radius 2 is 2.08 bits per heavy atom. The third kappa shape index (κ3) is 3.39. The first kappa shape index (κ1) is 16.4. The van der Waals surface area contributed by atoms with E-state index < -0.39 is 6.04 Å². The van der Waals surface area contributed by atoms with Gasteiger partial charge in [-0.2, -0.15) is 0 Å². The first-order valence-corrected chi connectivity index (χ1v) is 8.87. The number of benzene rings is 1. The lowest BCUT2D eigenvalue weighted by atomic mass is 10.3. The van der Waals surface area contributed by atoms with Crippen LogP contribution < -0.4 is 15.4 Å². The molecule has 0 aliphatic heterocycles. The summed E-state index contributed by atoms with van der Waals surface area (Å²) in [5, 5.41) is 7.69. The predicted octanol–water partition coefficient (Wildman–Crippen LogP) is 3.12. The third-order valence-corrected chi connectivity index (χ3v) is 5.12. The molecule has 2 amide bonds. The summed E-state index contributed by atoms with van der Waals surface area (Å²) in [6, 6.07) is 8.43. The minimum Gasteiger partial charge on any atom is -0.494 e. The molecule has 2 N–H and O–H groups in total. The third-order valence-electron chi connectivity index (χ3n) is 3.32. The fourth-order valence-electron chi connectivity index (χ4n) is 2.10. The van der Waals surface area contributed by atoms with E-state index in [1.165, 1.54) is 22.7 Å². The number of nitrogens with zero attached hydrogens (tertiary/aromatic N) is 1. The molecular formula is C16H15N3O3S2. The highest BCUT2D eigenvalue weighted by molar-refractivity contribution is 7.22. The number of carbonyl (C=O) groups is 2. The van der Waals surface area contributed by atoms with Crippen LogP contribution in [0.5, 0.6) is 5.75 Å². The molecule has 1 atom stereocenters. The number of nitrogens with one attached hydrogen (secondary N) is 2. The molecule has 1 aromatic carbocycles. The molecule has 3 rings (SSSR count). The average molecular weight is 361 g/mol. The van der Waals surface area contributed by atoms with E-state index in [0.29, 0.717) is 21.3 Å². The molecule has 0 saturated carbocycles. The van der Waals surface area contributed by atoms with Crippen molar-refractivity contribution in [2.75, 3.05) is 12.4 Å². The van der Waals surface area contributed by atoms with Gasteiger partial charge < -0.3 is 15.4 Å². The van der Waals surface area contributed by atoms with Gasteiger partial charge in [0.25, 0.3) is 5.91 Å². The minimum absolute atomic E-state index is 0.265. The topological polar surface area (TPSA) is 80.3 Å². The number of carbonyl (C=O) groups excluding carboxylic acids is 2. The molecular weight excluding hydrogens is 346 g/mol. The van der Waals surface area contributed by atoms with Crippen LogP contribution in [0.4, 0.5) is 5.13 Å². The zero-order valence-electron chi connectivity index (χ0n) is 13.0. The molecule has 0 radical (unpaired) electrons. The number of methoxy groups -OCH3 is 1. The van der Waals surface area contributed by atoms with E-state index in [-0.39, 0.29) is 11.8 Å². The van der Waals surface area contributed by atoms with E-state index >= 15 is 0 Å². The van der Waals surface area contributed by atoms with Gasteiger partial charge in [-0.25, -0.2) is 4.98 Å². The van der Waals surface area contributed by atoms with Gasteiger partial charge in [-0.05, 0) is 30.5 Å². The summed E-state index contributed by atoms with van der Waals surface area (Å²) >= 11 is 2.68. The summed E-state index contributed by atoms with van der Waals surface area (Å²) in [6.07, 6.45) is 0. The Labute approximate surface area is 146 Å². The van der Waals surface area contributed by atoms with Gasteiger partial charge in [0, 0.05) is 0 Å². The minimum atomic E-state index is -0.673. The van der Waals surface area contributed by atoms with Crippen molar-refractivity contribution in [2.24, 2.45) is 0 Å². The molecule has 0 aliphatic rings. The normalized spacial score (nSPS) is 11.9. The Bertz CT molecular complexity index is 874. The maximum Gasteiger partial charge on any atom is 0.261 e. The fourth-order valence-corrected chi connectivity index (χ4v) is 3.61. The number of ether oxygens (including phenoxy) is 1. The molecule has 0 bridgehead atoms. The number of amides is 2. The van der Waals surface area contributed by atoms with Gasteiger partial charge in [-0.1, -0.05) is 23.5 Å². The van der Waals surface area contributed by atoms with Gasteiger partial charge in [-0.3, -0.25) is 9.59 Å².